The molecule has 1 aliphatic heterocycles. The number of ether oxygens (including phenoxy) is 2. The third kappa shape index (κ3) is 12.6. The number of hydrogen-bond acceptors (Lipinski definition) is 4. The summed E-state index contributed by atoms with van der Waals surface area (Å²) in [5, 5.41) is 0. The summed E-state index contributed by atoms with van der Waals surface area (Å²) < 4.78 is 25.0. The van der Waals surface area contributed by atoms with Crippen LogP contribution in [0.4, 0.5) is 0 Å². The van der Waals surface area contributed by atoms with Crippen molar-refractivity contribution in [1.82, 2.24) is 0 Å². The summed E-state index contributed by atoms with van der Waals surface area (Å²) in [5.41, 5.74) is 2.36. The van der Waals surface area contributed by atoms with Crippen molar-refractivity contribution in [1.29, 1.82) is 0 Å². The fourth-order valence-corrected chi connectivity index (χ4v) is 5.85. The maximum Gasteiger partial charge on any atom is 0.184 e. The summed E-state index contributed by atoms with van der Waals surface area (Å²) in [5.74, 6) is 1.43. The molecule has 1 saturated heterocycles. The number of allylic oxidation sites excluding steroid dienone is 4. The molecule has 0 aromatic rings. The Kier molecular flexibility index (Phi) is 12.4. The van der Waals surface area contributed by atoms with E-state index in [-0.39, 0.29) is 11.7 Å². The van der Waals surface area contributed by atoms with Gasteiger partial charge in [-0.1, -0.05) is 24.6 Å². The van der Waals surface area contributed by atoms with Gasteiger partial charge in [0.2, 0.25) is 0 Å². The monoisotopic (exact) mass is 496 g/mol. The van der Waals surface area contributed by atoms with E-state index in [1.165, 1.54) is 11.1 Å². The predicted molar refractivity (Wildman–Crippen MR) is 147 cm³/mol. The highest BCUT2D eigenvalue weighted by atomic mass is 28.4. The van der Waals surface area contributed by atoms with Gasteiger partial charge in [0.1, 0.15) is 0 Å². The Labute approximate surface area is 207 Å². The maximum atomic E-state index is 6.69. The van der Waals surface area contributed by atoms with E-state index in [0.29, 0.717) is 19.1 Å². The first kappa shape index (κ1) is 30.4. The fraction of sp³-hybridized carbons (Fsp3) is 0.778. The van der Waals surface area contributed by atoms with Gasteiger partial charge in [-0.3, -0.25) is 0 Å². The molecular formula is C27H52O4Si2. The molecular weight excluding hydrogens is 444 g/mol. The van der Waals surface area contributed by atoms with E-state index in [1.807, 2.05) is 0 Å². The summed E-state index contributed by atoms with van der Waals surface area (Å²) in [6.45, 7) is 23.6. The standard InChI is InChI=1S/C27H52O4Si2/c1-22(2)14-16-25(28-5)23(3)13-12-19-27(4)26(31-33(9,10)11)17-15-24(21-29-27)18-20-30-32(6,7)8/h14,16,18,23,26H,12-13,15,17,19-21H2,1-11H3/b24-18+,25-16-/t23?,26-,27+/m1/s1. The summed E-state index contributed by atoms with van der Waals surface area (Å²) in [4.78, 5) is 0. The second-order valence-electron chi connectivity index (χ2n) is 12.0. The second-order valence-corrected chi connectivity index (χ2v) is 20.9. The van der Waals surface area contributed by atoms with Crippen LogP contribution in [0.1, 0.15) is 59.8 Å². The highest BCUT2D eigenvalue weighted by Gasteiger charge is 2.40. The van der Waals surface area contributed by atoms with Gasteiger partial charge in [0, 0.05) is 5.92 Å². The predicted octanol–water partition coefficient (Wildman–Crippen LogP) is 7.86. The van der Waals surface area contributed by atoms with Crippen molar-refractivity contribution < 1.29 is 18.3 Å². The molecule has 0 radical (unpaired) electrons. The van der Waals surface area contributed by atoms with E-state index >= 15 is 0 Å². The summed E-state index contributed by atoms with van der Waals surface area (Å²) in [6.07, 6.45) is 11.8. The van der Waals surface area contributed by atoms with E-state index < -0.39 is 16.6 Å². The molecule has 0 saturated carbocycles. The first-order chi connectivity index (χ1) is 15.1. The third-order valence-corrected chi connectivity index (χ3v) is 8.02. The minimum Gasteiger partial charge on any atom is -0.501 e. The molecule has 1 aliphatic rings. The van der Waals surface area contributed by atoms with Crippen LogP contribution in [0.15, 0.2) is 35.1 Å². The normalized spacial score (nSPS) is 25.0. The molecule has 0 aliphatic carbocycles. The quantitative estimate of drug-likeness (QED) is 0.119. The van der Waals surface area contributed by atoms with Crippen LogP contribution in [-0.4, -0.2) is 48.7 Å². The van der Waals surface area contributed by atoms with E-state index in [4.69, 9.17) is 18.3 Å². The molecule has 0 aromatic heterocycles. The van der Waals surface area contributed by atoms with Gasteiger partial charge in [-0.25, -0.2) is 0 Å². The van der Waals surface area contributed by atoms with E-state index in [0.717, 1.165) is 37.9 Å². The Hall–Kier alpha value is -0.666. The minimum atomic E-state index is -1.69. The zero-order chi connectivity index (χ0) is 25.3. The van der Waals surface area contributed by atoms with E-state index in [2.05, 4.69) is 85.2 Å². The van der Waals surface area contributed by atoms with Gasteiger partial charge in [-0.2, -0.15) is 0 Å². The smallest absolute Gasteiger partial charge is 0.184 e. The van der Waals surface area contributed by atoms with Crippen molar-refractivity contribution in [3.63, 3.8) is 0 Å². The molecule has 1 unspecified atom stereocenters. The number of methoxy groups -OCH3 is 1. The Morgan fingerprint density at radius 2 is 1.79 bits per heavy atom. The first-order valence-corrected chi connectivity index (χ1v) is 19.5. The molecule has 6 heteroatoms. The molecule has 0 bridgehead atoms. The molecule has 0 N–H and O–H groups in total. The molecule has 1 rings (SSSR count). The Morgan fingerprint density at radius 3 is 2.33 bits per heavy atom. The highest BCUT2D eigenvalue weighted by molar-refractivity contribution is 6.70. The lowest BCUT2D eigenvalue weighted by Gasteiger charge is -2.39. The minimum absolute atomic E-state index is 0.131. The maximum absolute atomic E-state index is 6.69. The van der Waals surface area contributed by atoms with Crippen molar-refractivity contribution in [2.24, 2.45) is 5.92 Å². The lowest BCUT2D eigenvalue weighted by atomic mass is 9.88. The summed E-state index contributed by atoms with van der Waals surface area (Å²) in [6, 6.07) is 0. The molecule has 192 valence electrons. The van der Waals surface area contributed by atoms with Gasteiger partial charge in [-0.05, 0) is 104 Å². The van der Waals surface area contributed by atoms with Crippen molar-refractivity contribution in [3.8, 4) is 0 Å². The summed E-state index contributed by atoms with van der Waals surface area (Å²) >= 11 is 0. The van der Waals surface area contributed by atoms with Gasteiger partial charge >= 0.3 is 0 Å². The molecule has 1 heterocycles. The molecule has 4 nitrogen and oxygen atoms in total. The van der Waals surface area contributed by atoms with Gasteiger partial charge in [0.25, 0.3) is 0 Å². The van der Waals surface area contributed by atoms with Crippen molar-refractivity contribution in [2.75, 3.05) is 20.3 Å². The number of rotatable bonds is 12. The second kappa shape index (κ2) is 13.4. The lowest BCUT2D eigenvalue weighted by Crippen LogP contribution is -2.47. The van der Waals surface area contributed by atoms with Gasteiger partial charge in [-0.15, -0.1) is 0 Å². The fourth-order valence-electron chi connectivity index (χ4n) is 4.04. The topological polar surface area (TPSA) is 36.9 Å². The molecule has 0 aromatic carbocycles. The van der Waals surface area contributed by atoms with Crippen LogP contribution in [0.25, 0.3) is 0 Å². The molecule has 0 spiro atoms. The van der Waals surface area contributed by atoms with Gasteiger partial charge in [0.15, 0.2) is 16.6 Å². The molecule has 1 fully saturated rings. The zero-order valence-electron chi connectivity index (χ0n) is 23.5. The largest absolute Gasteiger partial charge is 0.501 e. The summed E-state index contributed by atoms with van der Waals surface area (Å²) in [7, 11) is -1.42. The number of hydrogen-bond donors (Lipinski definition) is 0. The van der Waals surface area contributed by atoms with Crippen LogP contribution in [0.5, 0.6) is 0 Å². The third-order valence-electron chi connectivity index (χ3n) is 5.99. The Bertz CT molecular complexity index is 681. The lowest BCUT2D eigenvalue weighted by molar-refractivity contribution is -0.0975. The Morgan fingerprint density at radius 1 is 1.12 bits per heavy atom. The van der Waals surface area contributed by atoms with Gasteiger partial charge in [0.05, 0.1) is 37.8 Å². The SMILES string of the molecule is CO/C(=C\C=C(C)C)C(C)CCC[C@]1(C)OC/C(=C/CO[Si](C)(C)C)CC[C@H]1O[Si](C)(C)C. The average molecular weight is 497 g/mol. The van der Waals surface area contributed by atoms with Crippen LogP contribution >= 0.6 is 0 Å². The van der Waals surface area contributed by atoms with Crippen molar-refractivity contribution in [2.45, 2.75) is 111 Å². The van der Waals surface area contributed by atoms with Crippen LogP contribution in [-0.2, 0) is 18.3 Å². The average Bonchev–Trinajstić information content (AvgIpc) is 2.80. The van der Waals surface area contributed by atoms with E-state index in [1.54, 1.807) is 7.11 Å². The first-order valence-electron chi connectivity index (χ1n) is 12.7. The van der Waals surface area contributed by atoms with Crippen LogP contribution < -0.4 is 0 Å². The molecule has 33 heavy (non-hydrogen) atoms. The molecule has 3 atom stereocenters. The van der Waals surface area contributed by atoms with Crippen molar-refractivity contribution in [3.05, 3.63) is 35.1 Å². The van der Waals surface area contributed by atoms with Crippen LogP contribution in [0.2, 0.25) is 39.3 Å². The van der Waals surface area contributed by atoms with Crippen LogP contribution in [0, 0.1) is 5.92 Å². The zero-order valence-corrected chi connectivity index (χ0v) is 25.5. The molecule has 0 amide bonds. The Balaban J connectivity index is 2.86. The highest BCUT2D eigenvalue weighted by Crippen LogP contribution is 2.35. The van der Waals surface area contributed by atoms with E-state index in [9.17, 15) is 0 Å². The van der Waals surface area contributed by atoms with Gasteiger partial charge < -0.3 is 18.3 Å². The van der Waals surface area contributed by atoms with Crippen molar-refractivity contribution >= 4 is 16.6 Å². The van der Waals surface area contributed by atoms with Crippen LogP contribution in [0.3, 0.4) is 0 Å².